The number of anilines is 3. The molecule has 0 atom stereocenters. The number of benzene rings is 12. The topological polar surface area (TPSA) is 8.17 Å². The summed E-state index contributed by atoms with van der Waals surface area (Å²) >= 11 is 1.91. The monoisotopic (exact) mass is 958 g/mol. The molecule has 0 N–H and O–H groups in total. The maximum atomic E-state index is 2.48. The van der Waals surface area contributed by atoms with Crippen molar-refractivity contribution in [3.05, 3.63) is 301 Å². The Bertz CT molecular complexity index is 4420. The first-order valence-corrected chi connectivity index (χ1v) is 26.3. The van der Waals surface area contributed by atoms with Gasteiger partial charge >= 0.3 is 0 Å². The summed E-state index contributed by atoms with van der Waals surface area (Å²) in [5.74, 6) is 0. The Balaban J connectivity index is 0.908. The van der Waals surface area contributed by atoms with Gasteiger partial charge in [-0.05, 0) is 122 Å². The van der Waals surface area contributed by atoms with Crippen molar-refractivity contribution in [3.8, 4) is 39.1 Å². The SMILES string of the molecule is c1ccc(-n2c3ccccc3c3cc(-c4ccc(N(c5ccc(-c6cccc7c6sc6c8ccccc8ccc76)cc5)c5cccc6c5-c5ccccc5C6(c5ccccc5)c5ccccc5)cc4)ccc32)cc1. The molecule has 74 heavy (non-hydrogen) atoms. The summed E-state index contributed by atoms with van der Waals surface area (Å²) < 4.78 is 5.04. The van der Waals surface area contributed by atoms with Gasteiger partial charge in [-0.25, -0.2) is 0 Å². The van der Waals surface area contributed by atoms with Gasteiger partial charge in [0.2, 0.25) is 0 Å². The van der Waals surface area contributed by atoms with Gasteiger partial charge in [0, 0.05) is 53.6 Å². The minimum Gasteiger partial charge on any atom is -0.310 e. The molecule has 0 radical (unpaired) electrons. The van der Waals surface area contributed by atoms with Crippen LogP contribution in [0, 0.1) is 0 Å². The van der Waals surface area contributed by atoms with Crippen molar-refractivity contribution >= 4 is 81.1 Å². The molecule has 15 rings (SSSR count). The van der Waals surface area contributed by atoms with Gasteiger partial charge in [0.15, 0.2) is 0 Å². The molecule has 346 valence electrons. The molecule has 2 heterocycles. The van der Waals surface area contributed by atoms with Crippen LogP contribution < -0.4 is 4.90 Å². The van der Waals surface area contributed by atoms with E-state index in [-0.39, 0.29) is 0 Å². The summed E-state index contributed by atoms with van der Waals surface area (Å²) in [7, 11) is 0. The van der Waals surface area contributed by atoms with Crippen LogP contribution in [0.5, 0.6) is 0 Å². The fourth-order valence-electron chi connectivity index (χ4n) is 12.4. The molecule has 2 nitrogen and oxygen atoms in total. The third-order valence-corrected chi connectivity index (χ3v) is 17.0. The smallest absolute Gasteiger partial charge is 0.0714 e. The number of hydrogen-bond donors (Lipinski definition) is 0. The molecule has 0 unspecified atom stereocenters. The quantitative estimate of drug-likeness (QED) is 0.147. The van der Waals surface area contributed by atoms with Crippen LogP contribution in [0.15, 0.2) is 279 Å². The molecule has 2 aromatic heterocycles. The van der Waals surface area contributed by atoms with Gasteiger partial charge in [-0.1, -0.05) is 218 Å². The number of fused-ring (bicyclic) bond motifs is 11. The third-order valence-electron chi connectivity index (χ3n) is 15.7. The zero-order chi connectivity index (χ0) is 48.7. The van der Waals surface area contributed by atoms with E-state index in [4.69, 9.17) is 0 Å². The largest absolute Gasteiger partial charge is 0.310 e. The van der Waals surface area contributed by atoms with Gasteiger partial charge < -0.3 is 9.47 Å². The average Bonchev–Trinajstić information content (AvgIpc) is 4.19. The molecule has 0 fully saturated rings. The number of para-hydroxylation sites is 2. The fourth-order valence-corrected chi connectivity index (χ4v) is 13.8. The molecule has 12 aromatic carbocycles. The summed E-state index contributed by atoms with van der Waals surface area (Å²) in [5.41, 5.74) is 18.7. The minimum atomic E-state index is -0.527. The molecule has 3 heteroatoms. The van der Waals surface area contributed by atoms with E-state index in [1.165, 1.54) is 108 Å². The molecule has 14 aromatic rings. The molecule has 0 aliphatic heterocycles. The molecule has 0 amide bonds. The standard InChI is InChI=1S/C71H46N2S/c1-4-19-51(20-5-1)71(52-21-6-2-7-22-52)63-30-14-12-27-61(63)68-64(71)31-17-33-67(68)72(55-42-36-49(37-43-55)57-28-16-29-59-60-44-38-48-18-10-11-25-56(48)70(60)74-69(57)59)54-40-34-47(35-41-54)50-39-45-66-62(46-50)58-26-13-15-32-65(58)73(66)53-23-8-3-9-24-53/h1-46H. The third kappa shape index (κ3) is 6.37. The highest BCUT2D eigenvalue weighted by Gasteiger charge is 2.47. The number of thiophene rings is 1. The number of aromatic nitrogens is 1. The number of rotatable bonds is 8. The van der Waals surface area contributed by atoms with E-state index in [9.17, 15) is 0 Å². The summed E-state index contributed by atoms with van der Waals surface area (Å²) in [5, 5.41) is 7.70. The van der Waals surface area contributed by atoms with Crippen molar-refractivity contribution in [3.63, 3.8) is 0 Å². The highest BCUT2D eigenvalue weighted by atomic mass is 32.1. The highest BCUT2D eigenvalue weighted by Crippen LogP contribution is 2.59. The summed E-state index contributed by atoms with van der Waals surface area (Å²) in [6.45, 7) is 0. The van der Waals surface area contributed by atoms with Gasteiger partial charge in [0.1, 0.15) is 0 Å². The van der Waals surface area contributed by atoms with E-state index in [0.29, 0.717) is 0 Å². The van der Waals surface area contributed by atoms with Crippen LogP contribution in [0.25, 0.3) is 91.8 Å². The second-order valence-electron chi connectivity index (χ2n) is 19.5. The van der Waals surface area contributed by atoms with Gasteiger partial charge in [-0.2, -0.15) is 0 Å². The Labute approximate surface area is 433 Å². The lowest BCUT2D eigenvalue weighted by atomic mass is 9.68. The second kappa shape index (κ2) is 16.9. The Hall–Kier alpha value is -9.28. The van der Waals surface area contributed by atoms with Crippen molar-refractivity contribution in [1.29, 1.82) is 0 Å². The molecular formula is C71H46N2S. The molecule has 0 spiro atoms. The first-order valence-electron chi connectivity index (χ1n) is 25.5. The van der Waals surface area contributed by atoms with Gasteiger partial charge in [0.05, 0.1) is 22.1 Å². The predicted octanol–water partition coefficient (Wildman–Crippen LogP) is 19.5. The second-order valence-corrected chi connectivity index (χ2v) is 20.5. The Morgan fingerprint density at radius 3 is 1.65 bits per heavy atom. The van der Waals surface area contributed by atoms with E-state index >= 15 is 0 Å². The maximum absolute atomic E-state index is 2.48. The predicted molar refractivity (Wildman–Crippen MR) is 314 cm³/mol. The normalized spacial score (nSPS) is 12.7. The lowest BCUT2D eigenvalue weighted by Gasteiger charge is -2.34. The van der Waals surface area contributed by atoms with Crippen LogP contribution in [0.3, 0.4) is 0 Å². The van der Waals surface area contributed by atoms with Gasteiger partial charge in [0.25, 0.3) is 0 Å². The molecule has 0 bridgehead atoms. The van der Waals surface area contributed by atoms with Crippen LogP contribution in [-0.2, 0) is 5.41 Å². The van der Waals surface area contributed by atoms with Crippen molar-refractivity contribution < 1.29 is 0 Å². The number of nitrogens with zero attached hydrogens (tertiary/aromatic N) is 2. The van der Waals surface area contributed by atoms with E-state index < -0.39 is 5.41 Å². The highest BCUT2D eigenvalue weighted by molar-refractivity contribution is 7.27. The van der Waals surface area contributed by atoms with Crippen LogP contribution in [-0.4, -0.2) is 4.57 Å². The molecule has 0 saturated carbocycles. The van der Waals surface area contributed by atoms with Crippen LogP contribution in [0.2, 0.25) is 0 Å². The summed E-state index contributed by atoms with van der Waals surface area (Å²) in [4.78, 5) is 2.48. The van der Waals surface area contributed by atoms with E-state index in [0.717, 1.165) is 22.7 Å². The van der Waals surface area contributed by atoms with Crippen molar-refractivity contribution in [2.24, 2.45) is 0 Å². The van der Waals surface area contributed by atoms with Gasteiger partial charge in [-0.3, -0.25) is 0 Å². The first-order chi connectivity index (χ1) is 36.7. The molecular weight excluding hydrogens is 913 g/mol. The minimum absolute atomic E-state index is 0.527. The maximum Gasteiger partial charge on any atom is 0.0714 e. The lowest BCUT2D eigenvalue weighted by Crippen LogP contribution is -2.28. The van der Waals surface area contributed by atoms with E-state index in [2.05, 4.69) is 289 Å². The van der Waals surface area contributed by atoms with E-state index in [1.807, 2.05) is 11.3 Å². The zero-order valence-electron chi connectivity index (χ0n) is 40.4. The van der Waals surface area contributed by atoms with E-state index in [1.54, 1.807) is 0 Å². The zero-order valence-corrected chi connectivity index (χ0v) is 41.2. The number of hydrogen-bond acceptors (Lipinski definition) is 2. The fraction of sp³-hybridized carbons (Fsp3) is 0.0141. The summed E-state index contributed by atoms with van der Waals surface area (Å²) in [6.07, 6.45) is 0. The Morgan fingerprint density at radius 2 is 0.892 bits per heavy atom. The summed E-state index contributed by atoms with van der Waals surface area (Å²) in [6, 6.07) is 103. The van der Waals surface area contributed by atoms with Crippen molar-refractivity contribution in [2.45, 2.75) is 5.41 Å². The molecule has 1 aliphatic rings. The lowest BCUT2D eigenvalue weighted by molar-refractivity contribution is 0.768. The van der Waals surface area contributed by atoms with Crippen LogP contribution in [0.4, 0.5) is 17.1 Å². The van der Waals surface area contributed by atoms with Gasteiger partial charge in [-0.15, -0.1) is 11.3 Å². The Morgan fingerprint density at radius 1 is 0.338 bits per heavy atom. The van der Waals surface area contributed by atoms with Crippen molar-refractivity contribution in [1.82, 2.24) is 4.57 Å². The van der Waals surface area contributed by atoms with Crippen LogP contribution in [0.1, 0.15) is 22.3 Å². The Kier molecular flexibility index (Phi) is 9.70. The van der Waals surface area contributed by atoms with Crippen LogP contribution >= 0.6 is 11.3 Å². The first kappa shape index (κ1) is 42.4. The average molecular weight is 959 g/mol. The van der Waals surface area contributed by atoms with Crippen molar-refractivity contribution in [2.75, 3.05) is 4.90 Å². The molecule has 1 aliphatic carbocycles. The molecule has 0 saturated heterocycles.